The normalized spacial score (nSPS) is 10.1. The van der Waals surface area contributed by atoms with E-state index in [4.69, 9.17) is 0 Å². The zero-order valence-corrected chi connectivity index (χ0v) is 9.32. The first-order chi connectivity index (χ1) is 6.77. The Balaban J connectivity index is 2.55. The summed E-state index contributed by atoms with van der Waals surface area (Å²) >= 11 is 3.31. The van der Waals surface area contributed by atoms with Gasteiger partial charge in [0.15, 0.2) is 0 Å². The Morgan fingerprint density at radius 3 is 2.64 bits per heavy atom. The van der Waals surface area contributed by atoms with Gasteiger partial charge in [-0.15, -0.1) is 0 Å². The third kappa shape index (κ3) is 1.82. The van der Waals surface area contributed by atoms with Gasteiger partial charge < -0.3 is 0 Å². The van der Waals surface area contributed by atoms with Crippen molar-refractivity contribution < 1.29 is 0 Å². The number of halogens is 1. The van der Waals surface area contributed by atoms with Crippen LogP contribution in [0.5, 0.6) is 0 Å². The second-order valence-electron chi connectivity index (χ2n) is 3.04. The van der Waals surface area contributed by atoms with E-state index < -0.39 is 0 Å². The van der Waals surface area contributed by atoms with Gasteiger partial charge in [-0.3, -0.25) is 4.98 Å². The van der Waals surface area contributed by atoms with Gasteiger partial charge in [0.1, 0.15) is 4.60 Å². The molecular formula is C11H9BrN2. The van der Waals surface area contributed by atoms with Crippen LogP contribution >= 0.6 is 15.9 Å². The van der Waals surface area contributed by atoms with Crippen LogP contribution in [-0.4, -0.2) is 9.97 Å². The lowest BCUT2D eigenvalue weighted by atomic mass is 10.1. The molecule has 0 aliphatic rings. The van der Waals surface area contributed by atoms with Crippen molar-refractivity contribution in [2.75, 3.05) is 0 Å². The second kappa shape index (κ2) is 3.88. The van der Waals surface area contributed by atoms with Crippen LogP contribution in [0.3, 0.4) is 0 Å². The van der Waals surface area contributed by atoms with Crippen molar-refractivity contribution >= 4 is 15.9 Å². The van der Waals surface area contributed by atoms with Crippen molar-refractivity contribution in [3.63, 3.8) is 0 Å². The molecule has 0 N–H and O–H groups in total. The molecule has 0 fully saturated rings. The standard InChI is InChI=1S/C11H9BrN2/c1-8-4-2-3-5-9(8)10-6-13-7-11(12)14-10/h2-7H,1H3. The molecule has 0 saturated heterocycles. The molecule has 1 heterocycles. The van der Waals surface area contributed by atoms with Crippen molar-refractivity contribution in [2.24, 2.45) is 0 Å². The Labute approximate surface area is 91.2 Å². The molecule has 0 spiro atoms. The molecule has 0 atom stereocenters. The predicted octanol–water partition coefficient (Wildman–Crippen LogP) is 3.21. The summed E-state index contributed by atoms with van der Waals surface area (Å²) in [6.45, 7) is 2.07. The highest BCUT2D eigenvalue weighted by molar-refractivity contribution is 9.10. The van der Waals surface area contributed by atoms with Gasteiger partial charge in [0.2, 0.25) is 0 Å². The van der Waals surface area contributed by atoms with Crippen LogP contribution in [0.2, 0.25) is 0 Å². The second-order valence-corrected chi connectivity index (χ2v) is 3.85. The van der Waals surface area contributed by atoms with Crippen molar-refractivity contribution in [3.8, 4) is 11.3 Å². The first kappa shape index (κ1) is 9.34. The first-order valence-corrected chi connectivity index (χ1v) is 5.10. The fourth-order valence-electron chi connectivity index (χ4n) is 1.33. The highest BCUT2D eigenvalue weighted by Crippen LogP contribution is 2.21. The molecule has 14 heavy (non-hydrogen) atoms. The highest BCUT2D eigenvalue weighted by Gasteiger charge is 2.02. The zero-order valence-electron chi connectivity index (χ0n) is 7.74. The SMILES string of the molecule is Cc1ccccc1-c1cncc(Br)n1. The number of aromatic nitrogens is 2. The molecule has 0 aliphatic carbocycles. The fourth-order valence-corrected chi connectivity index (χ4v) is 1.64. The quantitative estimate of drug-likeness (QED) is 0.775. The molecule has 0 saturated carbocycles. The molecule has 1 aromatic heterocycles. The molecule has 1 aromatic carbocycles. The Hall–Kier alpha value is -1.22. The van der Waals surface area contributed by atoms with Crippen LogP contribution in [0, 0.1) is 6.92 Å². The number of rotatable bonds is 1. The summed E-state index contributed by atoms with van der Waals surface area (Å²) < 4.78 is 0.762. The lowest BCUT2D eigenvalue weighted by Crippen LogP contribution is -1.88. The van der Waals surface area contributed by atoms with E-state index in [0.717, 1.165) is 15.9 Å². The average Bonchev–Trinajstić information content (AvgIpc) is 2.18. The molecule has 70 valence electrons. The van der Waals surface area contributed by atoms with E-state index in [2.05, 4.69) is 38.9 Å². The summed E-state index contributed by atoms with van der Waals surface area (Å²) in [6.07, 6.45) is 3.45. The molecule has 0 radical (unpaired) electrons. The highest BCUT2D eigenvalue weighted by atomic mass is 79.9. The van der Waals surface area contributed by atoms with Crippen LogP contribution in [0.15, 0.2) is 41.3 Å². The maximum atomic E-state index is 4.36. The lowest BCUT2D eigenvalue weighted by molar-refractivity contribution is 1.16. The number of benzene rings is 1. The van der Waals surface area contributed by atoms with Gasteiger partial charge in [-0.2, -0.15) is 0 Å². The summed E-state index contributed by atoms with van der Waals surface area (Å²) in [5.74, 6) is 0. The Kier molecular flexibility index (Phi) is 2.59. The van der Waals surface area contributed by atoms with Crippen LogP contribution in [0.1, 0.15) is 5.56 Å². The van der Waals surface area contributed by atoms with E-state index >= 15 is 0 Å². The van der Waals surface area contributed by atoms with Crippen LogP contribution in [-0.2, 0) is 0 Å². The van der Waals surface area contributed by atoms with Gasteiger partial charge in [0.05, 0.1) is 18.1 Å². The Morgan fingerprint density at radius 1 is 1.14 bits per heavy atom. The van der Waals surface area contributed by atoms with E-state index in [9.17, 15) is 0 Å². The van der Waals surface area contributed by atoms with Gasteiger partial charge in [-0.05, 0) is 28.4 Å². The smallest absolute Gasteiger partial charge is 0.125 e. The minimum Gasteiger partial charge on any atom is -0.260 e. The molecule has 2 rings (SSSR count). The van der Waals surface area contributed by atoms with Gasteiger partial charge in [-0.1, -0.05) is 24.3 Å². The number of hydrogen-bond acceptors (Lipinski definition) is 2. The minimum atomic E-state index is 0.762. The summed E-state index contributed by atoms with van der Waals surface area (Å²) in [4.78, 5) is 8.45. The van der Waals surface area contributed by atoms with E-state index in [0.29, 0.717) is 0 Å². The third-order valence-electron chi connectivity index (χ3n) is 2.03. The monoisotopic (exact) mass is 248 g/mol. The van der Waals surface area contributed by atoms with Gasteiger partial charge in [0.25, 0.3) is 0 Å². The molecule has 0 unspecified atom stereocenters. The molecule has 2 aromatic rings. The van der Waals surface area contributed by atoms with Crippen LogP contribution in [0.25, 0.3) is 11.3 Å². The zero-order chi connectivity index (χ0) is 9.97. The summed E-state index contributed by atoms with van der Waals surface area (Å²) in [6, 6.07) is 8.14. The van der Waals surface area contributed by atoms with E-state index in [1.807, 2.05) is 18.2 Å². The fraction of sp³-hybridized carbons (Fsp3) is 0.0909. The van der Waals surface area contributed by atoms with Crippen LogP contribution < -0.4 is 0 Å². The number of nitrogens with zero attached hydrogens (tertiary/aromatic N) is 2. The average molecular weight is 249 g/mol. The van der Waals surface area contributed by atoms with Gasteiger partial charge >= 0.3 is 0 Å². The number of aryl methyl sites for hydroxylation is 1. The van der Waals surface area contributed by atoms with E-state index in [1.54, 1.807) is 12.4 Å². The first-order valence-electron chi connectivity index (χ1n) is 4.31. The summed E-state index contributed by atoms with van der Waals surface area (Å²) in [5, 5.41) is 0. The van der Waals surface area contributed by atoms with E-state index in [-0.39, 0.29) is 0 Å². The van der Waals surface area contributed by atoms with Crippen molar-refractivity contribution in [2.45, 2.75) is 6.92 Å². The Morgan fingerprint density at radius 2 is 1.93 bits per heavy atom. The molecule has 2 nitrogen and oxygen atoms in total. The molecule has 3 heteroatoms. The van der Waals surface area contributed by atoms with Crippen molar-refractivity contribution in [3.05, 3.63) is 46.8 Å². The van der Waals surface area contributed by atoms with Crippen molar-refractivity contribution in [1.29, 1.82) is 0 Å². The molecule has 0 aliphatic heterocycles. The summed E-state index contributed by atoms with van der Waals surface area (Å²) in [7, 11) is 0. The largest absolute Gasteiger partial charge is 0.260 e. The van der Waals surface area contributed by atoms with Crippen molar-refractivity contribution in [1.82, 2.24) is 9.97 Å². The van der Waals surface area contributed by atoms with E-state index in [1.165, 1.54) is 5.56 Å². The van der Waals surface area contributed by atoms with Gasteiger partial charge in [0, 0.05) is 5.56 Å². The van der Waals surface area contributed by atoms with Gasteiger partial charge in [-0.25, -0.2) is 4.98 Å². The third-order valence-corrected chi connectivity index (χ3v) is 2.41. The number of hydrogen-bond donors (Lipinski definition) is 0. The Bertz CT molecular complexity index is 455. The lowest BCUT2D eigenvalue weighted by Gasteiger charge is -2.03. The minimum absolute atomic E-state index is 0.762. The topological polar surface area (TPSA) is 25.8 Å². The molecular weight excluding hydrogens is 240 g/mol. The predicted molar refractivity (Wildman–Crippen MR) is 59.9 cm³/mol. The maximum Gasteiger partial charge on any atom is 0.125 e. The maximum absolute atomic E-state index is 4.36. The molecule has 0 bridgehead atoms. The van der Waals surface area contributed by atoms with Crippen LogP contribution in [0.4, 0.5) is 0 Å². The molecule has 0 amide bonds. The summed E-state index contributed by atoms with van der Waals surface area (Å²) in [5.41, 5.74) is 3.23.